The Morgan fingerprint density at radius 1 is 0.968 bits per heavy atom. The van der Waals surface area contributed by atoms with Crippen LogP contribution < -0.4 is 10.5 Å². The normalized spacial score (nSPS) is 12.7. The van der Waals surface area contributed by atoms with Gasteiger partial charge >= 0.3 is 0 Å². The molecule has 5 rings (SSSR count). The number of hydrogen-bond acceptors (Lipinski definition) is 5. The van der Waals surface area contributed by atoms with E-state index < -0.39 is 10.8 Å². The van der Waals surface area contributed by atoms with Crippen LogP contribution in [-0.2, 0) is 6.42 Å². The highest BCUT2D eigenvalue weighted by molar-refractivity contribution is 6.13. The number of rotatable bonds is 3. The summed E-state index contributed by atoms with van der Waals surface area (Å²) in [5, 5.41) is 16.5. The van der Waals surface area contributed by atoms with Crippen molar-refractivity contribution >= 4 is 28.1 Å². The van der Waals surface area contributed by atoms with Crippen molar-refractivity contribution in [2.24, 2.45) is 0 Å². The van der Waals surface area contributed by atoms with E-state index in [1.165, 1.54) is 21.7 Å². The molecule has 0 radical (unpaired) electrons. The highest BCUT2D eigenvalue weighted by atomic mass is 16.6. The number of nitro groups is 1. The van der Waals surface area contributed by atoms with Crippen LogP contribution in [0.25, 0.3) is 16.5 Å². The van der Waals surface area contributed by atoms with E-state index in [0.717, 1.165) is 5.56 Å². The van der Waals surface area contributed by atoms with E-state index in [-0.39, 0.29) is 16.9 Å². The van der Waals surface area contributed by atoms with Gasteiger partial charge in [-0.1, -0.05) is 42.5 Å². The Morgan fingerprint density at radius 3 is 2.42 bits per heavy atom. The zero-order valence-electron chi connectivity index (χ0n) is 16.3. The van der Waals surface area contributed by atoms with Crippen LogP contribution in [-0.4, -0.2) is 27.2 Å². The lowest BCUT2D eigenvalue weighted by Gasteiger charge is -2.18. The topological polar surface area (TPSA) is 98.3 Å². The highest BCUT2D eigenvalue weighted by Crippen LogP contribution is 2.33. The summed E-state index contributed by atoms with van der Waals surface area (Å²) in [6, 6.07) is 20.3. The minimum Gasteiger partial charge on any atom is -0.306 e. The summed E-state index contributed by atoms with van der Waals surface area (Å²) >= 11 is 0. The number of fused-ring (bicyclic) bond motifs is 2. The largest absolute Gasteiger partial charge is 0.306 e. The Hall–Kier alpha value is -4.33. The first-order valence-electron chi connectivity index (χ1n) is 9.71. The fourth-order valence-electron chi connectivity index (χ4n) is 3.91. The number of non-ortho nitro benzene ring substituents is 1. The molecule has 0 aliphatic carbocycles. The lowest BCUT2D eigenvalue weighted by molar-refractivity contribution is -0.384. The number of aromatic nitrogens is 2. The van der Waals surface area contributed by atoms with E-state index in [1.54, 1.807) is 54.6 Å². The molecular weight excluding hydrogens is 396 g/mol. The standard InChI is InChI=1S/C23H16N4O4/c28-22-19-9-5-4-8-18(19)21(24-26(22)16-6-2-1-3-7-16)23(29)25-13-12-15-10-11-17(27(30)31)14-20(15)25/h1-11,14H,12-13H2. The molecule has 3 aromatic carbocycles. The van der Waals surface area contributed by atoms with E-state index in [1.807, 2.05) is 6.07 Å². The zero-order valence-corrected chi connectivity index (χ0v) is 16.3. The maximum Gasteiger partial charge on any atom is 0.279 e. The van der Waals surface area contributed by atoms with Crippen LogP contribution in [0.3, 0.4) is 0 Å². The van der Waals surface area contributed by atoms with E-state index >= 15 is 0 Å². The maximum atomic E-state index is 13.6. The minimum absolute atomic E-state index is 0.0782. The summed E-state index contributed by atoms with van der Waals surface area (Å²) in [5.41, 5.74) is 1.63. The molecule has 31 heavy (non-hydrogen) atoms. The molecule has 4 aromatic rings. The van der Waals surface area contributed by atoms with Crippen LogP contribution in [0.4, 0.5) is 11.4 Å². The van der Waals surface area contributed by atoms with Crippen molar-refractivity contribution in [3.05, 3.63) is 105 Å². The molecule has 8 nitrogen and oxygen atoms in total. The maximum absolute atomic E-state index is 13.6. The van der Waals surface area contributed by atoms with Crippen LogP contribution in [0, 0.1) is 10.1 Å². The van der Waals surface area contributed by atoms with Crippen molar-refractivity contribution in [2.45, 2.75) is 6.42 Å². The van der Waals surface area contributed by atoms with E-state index in [4.69, 9.17) is 0 Å². The molecule has 8 heteroatoms. The van der Waals surface area contributed by atoms with Crippen LogP contribution >= 0.6 is 0 Å². The number of benzene rings is 3. The molecule has 1 amide bonds. The summed E-state index contributed by atoms with van der Waals surface area (Å²) in [6.45, 7) is 0.385. The lowest BCUT2D eigenvalue weighted by Crippen LogP contribution is -2.33. The van der Waals surface area contributed by atoms with E-state index in [2.05, 4.69) is 5.10 Å². The van der Waals surface area contributed by atoms with Gasteiger partial charge in [-0.05, 0) is 30.2 Å². The van der Waals surface area contributed by atoms with Gasteiger partial charge in [0.25, 0.3) is 17.2 Å². The van der Waals surface area contributed by atoms with Crippen molar-refractivity contribution in [3.8, 4) is 5.69 Å². The first-order chi connectivity index (χ1) is 15.0. The van der Waals surface area contributed by atoms with Crippen molar-refractivity contribution < 1.29 is 9.72 Å². The number of anilines is 1. The van der Waals surface area contributed by atoms with Gasteiger partial charge in [-0.3, -0.25) is 19.7 Å². The quantitative estimate of drug-likeness (QED) is 0.379. The van der Waals surface area contributed by atoms with Gasteiger partial charge in [-0.25, -0.2) is 0 Å². The van der Waals surface area contributed by atoms with Crippen molar-refractivity contribution in [1.82, 2.24) is 9.78 Å². The van der Waals surface area contributed by atoms with Crippen LogP contribution in [0.5, 0.6) is 0 Å². The van der Waals surface area contributed by atoms with Gasteiger partial charge < -0.3 is 4.90 Å². The Bertz CT molecular complexity index is 1410. The van der Waals surface area contributed by atoms with Gasteiger partial charge in [0.1, 0.15) is 0 Å². The summed E-state index contributed by atoms with van der Waals surface area (Å²) in [5.74, 6) is -0.403. The predicted molar refractivity (Wildman–Crippen MR) is 116 cm³/mol. The molecule has 0 atom stereocenters. The highest BCUT2D eigenvalue weighted by Gasteiger charge is 2.30. The first-order valence-corrected chi connectivity index (χ1v) is 9.71. The van der Waals surface area contributed by atoms with Gasteiger partial charge in [0, 0.05) is 24.1 Å². The summed E-state index contributed by atoms with van der Waals surface area (Å²) < 4.78 is 1.22. The molecule has 1 aromatic heterocycles. The van der Waals surface area contributed by atoms with Crippen LogP contribution in [0.1, 0.15) is 16.1 Å². The van der Waals surface area contributed by atoms with Crippen LogP contribution in [0.2, 0.25) is 0 Å². The third-order valence-electron chi connectivity index (χ3n) is 5.43. The summed E-state index contributed by atoms with van der Waals surface area (Å²) in [4.78, 5) is 38.8. The number of amides is 1. The molecule has 0 saturated carbocycles. The third kappa shape index (κ3) is 3.05. The predicted octanol–water partition coefficient (Wildman–Crippen LogP) is 3.50. The first kappa shape index (κ1) is 18.7. The zero-order chi connectivity index (χ0) is 21.5. The molecule has 0 saturated heterocycles. The molecule has 0 bridgehead atoms. The third-order valence-corrected chi connectivity index (χ3v) is 5.43. The van der Waals surface area contributed by atoms with Gasteiger partial charge in [0.15, 0.2) is 5.69 Å². The van der Waals surface area contributed by atoms with Gasteiger partial charge in [0.2, 0.25) is 0 Å². The number of hydrogen-bond donors (Lipinski definition) is 0. The Morgan fingerprint density at radius 2 is 1.68 bits per heavy atom. The average Bonchev–Trinajstić information content (AvgIpc) is 3.23. The molecule has 2 heterocycles. The lowest BCUT2D eigenvalue weighted by atomic mass is 10.1. The Kier molecular flexibility index (Phi) is 4.32. The molecule has 0 spiro atoms. The van der Waals surface area contributed by atoms with Gasteiger partial charge in [-0.15, -0.1) is 0 Å². The van der Waals surface area contributed by atoms with Crippen molar-refractivity contribution in [3.63, 3.8) is 0 Å². The molecule has 0 fully saturated rings. The fourth-order valence-corrected chi connectivity index (χ4v) is 3.91. The SMILES string of the molecule is O=C(c1nn(-c2ccccc2)c(=O)c2ccccc12)N1CCc2ccc([N+](=O)[O-])cc21. The Balaban J connectivity index is 1.69. The Labute approximate surface area is 176 Å². The molecule has 1 aliphatic heterocycles. The number of para-hydroxylation sites is 1. The second kappa shape index (κ2) is 7.17. The van der Waals surface area contributed by atoms with Gasteiger partial charge in [-0.2, -0.15) is 9.78 Å². The number of nitro benzene ring substituents is 1. The molecule has 1 aliphatic rings. The summed E-state index contributed by atoms with van der Waals surface area (Å²) in [6.07, 6.45) is 0.593. The number of nitrogens with zero attached hydrogens (tertiary/aromatic N) is 4. The molecular formula is C23H16N4O4. The van der Waals surface area contributed by atoms with Crippen molar-refractivity contribution in [2.75, 3.05) is 11.4 Å². The van der Waals surface area contributed by atoms with Crippen molar-refractivity contribution in [1.29, 1.82) is 0 Å². The van der Waals surface area contributed by atoms with Crippen LogP contribution in [0.15, 0.2) is 77.6 Å². The van der Waals surface area contributed by atoms with Gasteiger partial charge in [0.05, 0.1) is 21.7 Å². The molecule has 0 unspecified atom stereocenters. The second-order valence-electron chi connectivity index (χ2n) is 7.22. The number of carbonyl (C=O) groups is 1. The smallest absolute Gasteiger partial charge is 0.279 e. The fraction of sp³-hybridized carbons (Fsp3) is 0.0870. The second-order valence-corrected chi connectivity index (χ2v) is 7.22. The molecule has 0 N–H and O–H groups in total. The minimum atomic E-state index is -0.482. The summed E-state index contributed by atoms with van der Waals surface area (Å²) in [7, 11) is 0. The number of carbonyl (C=O) groups excluding carboxylic acids is 1. The van der Waals surface area contributed by atoms with E-state index in [9.17, 15) is 19.7 Å². The monoisotopic (exact) mass is 412 g/mol. The van der Waals surface area contributed by atoms with E-state index in [0.29, 0.717) is 35.1 Å². The molecule has 152 valence electrons. The average molecular weight is 412 g/mol.